The summed E-state index contributed by atoms with van der Waals surface area (Å²) < 4.78 is 85.1. The number of esters is 6. The summed E-state index contributed by atoms with van der Waals surface area (Å²) in [5.74, 6) is -3.84. The molecule has 0 radical (unpaired) electrons. The Bertz CT molecular complexity index is 5040. The average Bonchev–Trinajstić information content (AvgIpc) is 1.63. The minimum absolute atomic E-state index is 0. The number of carboxylic acids is 1. The van der Waals surface area contributed by atoms with Crippen LogP contribution in [0.15, 0.2) is 212 Å². The number of rotatable bonds is 17. The van der Waals surface area contributed by atoms with Crippen LogP contribution in [-0.2, 0) is 42.9 Å². The van der Waals surface area contributed by atoms with E-state index in [2.05, 4.69) is 25.6 Å². The summed E-state index contributed by atoms with van der Waals surface area (Å²) in [5, 5.41) is 17.8. The summed E-state index contributed by atoms with van der Waals surface area (Å²) in [5.41, 5.74) is 10.8. The number of benzene rings is 6. The second-order valence-corrected chi connectivity index (χ2v) is 25.6. The molecule has 6 heterocycles. The highest BCUT2D eigenvalue weighted by atomic mass is 127. The number of hydrogen-bond acceptors (Lipinski definition) is 26. The number of methoxy groups -OCH3 is 3. The number of halogens is 4. The van der Waals surface area contributed by atoms with Gasteiger partial charge in [0, 0.05) is 40.7 Å². The lowest BCUT2D eigenvalue weighted by molar-refractivity contribution is -0.192. The van der Waals surface area contributed by atoms with E-state index in [0.717, 1.165) is 0 Å². The first-order valence-electron chi connectivity index (χ1n) is 31.0. The van der Waals surface area contributed by atoms with Gasteiger partial charge in [0.2, 0.25) is 23.6 Å². The Kier molecular flexibility index (Phi) is 27.7. The topological polar surface area (TPSA) is 353 Å². The van der Waals surface area contributed by atoms with Crippen LogP contribution in [0, 0.1) is 0 Å². The number of cyclic esters (lactones) is 3. The van der Waals surface area contributed by atoms with Crippen molar-refractivity contribution in [3.05, 3.63) is 245 Å². The van der Waals surface area contributed by atoms with Gasteiger partial charge in [0.05, 0.1) is 21.3 Å². The zero-order valence-electron chi connectivity index (χ0n) is 57.4. The van der Waals surface area contributed by atoms with Crippen molar-refractivity contribution in [1.29, 1.82) is 0 Å². The fraction of sp³-hybridized carbons (Fsp3) is 0.120. The number of alkyl halides is 3. The van der Waals surface area contributed by atoms with Crippen molar-refractivity contribution in [3.8, 4) is 34.5 Å². The fourth-order valence-corrected chi connectivity index (χ4v) is 10.7. The normalized spacial score (nSPS) is 13.8. The third kappa shape index (κ3) is 23.0. The van der Waals surface area contributed by atoms with Crippen LogP contribution in [0.2, 0.25) is 0 Å². The molecule has 0 saturated carbocycles. The molecule has 108 heavy (non-hydrogen) atoms. The first-order chi connectivity index (χ1) is 51.0. The summed E-state index contributed by atoms with van der Waals surface area (Å²) in [7, 11) is 4.38. The number of nitrogens with zero attached hydrogens (tertiary/aromatic N) is 3. The van der Waals surface area contributed by atoms with Crippen molar-refractivity contribution in [1.82, 2.24) is 0 Å². The highest BCUT2D eigenvalue weighted by Crippen LogP contribution is 2.35. The third-order valence-electron chi connectivity index (χ3n) is 13.7. The van der Waals surface area contributed by atoms with Crippen LogP contribution in [-0.4, -0.2) is 110 Å². The Morgan fingerprint density at radius 3 is 1.05 bits per heavy atom. The molecule has 26 nitrogen and oxygen atoms in total. The molecule has 5 N–H and O–H groups in total. The van der Waals surface area contributed by atoms with Gasteiger partial charge in [-0.1, -0.05) is 36.4 Å². The largest absolute Gasteiger partial charge is 0.493 e. The van der Waals surface area contributed by atoms with Crippen LogP contribution in [0.4, 0.5) is 35.0 Å². The van der Waals surface area contributed by atoms with E-state index in [0.29, 0.717) is 82.3 Å². The number of aliphatic carboxylic acids is 1. The summed E-state index contributed by atoms with van der Waals surface area (Å²) in [4.78, 5) is 120. The molecule has 9 aromatic rings. The van der Waals surface area contributed by atoms with Gasteiger partial charge < -0.3 is 63.5 Å². The Hall–Kier alpha value is -12.6. The molecule has 33 heteroatoms. The van der Waals surface area contributed by atoms with Gasteiger partial charge in [0.15, 0.2) is 51.6 Å². The molecule has 556 valence electrons. The maximum Gasteiger partial charge on any atom is 0.490 e. The molecule has 2 amide bonds. The Labute approximate surface area is 641 Å². The number of carbonyl (C=O) groups excluding carboxylic acids is 8. The van der Waals surface area contributed by atoms with E-state index < -0.39 is 59.7 Å². The van der Waals surface area contributed by atoms with Crippen molar-refractivity contribution in [2.24, 2.45) is 15.0 Å². The highest BCUT2D eigenvalue weighted by molar-refractivity contribution is 14.0. The maximum absolute atomic E-state index is 12.4. The van der Waals surface area contributed by atoms with Gasteiger partial charge in [0.25, 0.3) is 0 Å². The number of amides is 2. The summed E-state index contributed by atoms with van der Waals surface area (Å²) >= 11 is 3.85. The molecule has 6 aromatic carbocycles. The number of ether oxygens (including phenoxy) is 10. The minimum atomic E-state index is -5.08. The third-order valence-corrected chi connectivity index (χ3v) is 16.3. The molecule has 0 atom stereocenters. The lowest BCUT2D eigenvalue weighted by Gasteiger charge is -2.19. The number of carboxylic acid groups (broad SMARTS) is 1. The quantitative estimate of drug-likeness (QED) is 0.0164. The molecular formula is C75H60F3IN6O20S3. The molecule has 0 saturated heterocycles. The van der Waals surface area contributed by atoms with E-state index in [4.69, 9.17) is 63.0 Å². The van der Waals surface area contributed by atoms with Gasteiger partial charge in [-0.15, -0.1) is 58.0 Å². The van der Waals surface area contributed by atoms with E-state index in [-0.39, 0.29) is 81.9 Å². The molecular weight excluding hydrogens is 1580 g/mol. The molecule has 3 aromatic heterocycles. The predicted molar refractivity (Wildman–Crippen MR) is 406 cm³/mol. The van der Waals surface area contributed by atoms with E-state index in [1.54, 1.807) is 219 Å². The number of hydrogen-bond donors (Lipinski definition) is 4. The van der Waals surface area contributed by atoms with E-state index in [1.165, 1.54) is 62.3 Å². The van der Waals surface area contributed by atoms with Crippen molar-refractivity contribution >= 4 is 165 Å². The van der Waals surface area contributed by atoms with Crippen molar-refractivity contribution in [2.45, 2.75) is 39.5 Å². The predicted octanol–water partition coefficient (Wildman–Crippen LogP) is 15.1. The Balaban J connectivity index is 0.000000195. The molecule has 0 fully saturated rings. The standard InChI is InChI=1S/C27H24N2O7S.C24H18N2O6S.C22H16N2O5S.C2HF3O2.HI/c1-27(2,3)36-26(32)28-18-10-8-17(9-11-18)23-29-19(24(30)35-23)14-16-7-12-20(21(15-16)33-4)34-25(31)22-6-5-13-37-22;1-14(27)25-17-8-6-16(7-9-17)22-26-18(23(28)32-22)12-15-5-10-19(20(13-15)30-2)31-24(29)21-4-3-11-33-21;1-27-18-12-13(4-9-17(18)28-22(26)19-3-2-10-30-19)11-16-21(25)29-20(24-16)14-5-7-15(23)8-6-14;3-2(4,5)1(6)7;/h5-15H,1-4H3,(H,28,32);3-13H,1-2H3,(H,25,27);2-12H,23H2,1H3;(H,6,7);1H/b19-14+;18-12+;16-11+;;. The van der Waals surface area contributed by atoms with Crippen LogP contribution < -0.4 is 44.8 Å². The number of aliphatic imine (C=N–C) groups is 3. The summed E-state index contributed by atoms with van der Waals surface area (Å²) in [6.07, 6.45) is -0.992. The number of anilines is 3. The van der Waals surface area contributed by atoms with Crippen molar-refractivity contribution < 1.29 is 109 Å². The minimum Gasteiger partial charge on any atom is -0.493 e. The van der Waals surface area contributed by atoms with Gasteiger partial charge in [-0.3, -0.25) is 10.1 Å². The van der Waals surface area contributed by atoms with Crippen LogP contribution in [0.25, 0.3) is 18.2 Å². The van der Waals surface area contributed by atoms with E-state index in [1.807, 2.05) is 0 Å². The lowest BCUT2D eigenvalue weighted by Crippen LogP contribution is -2.27. The second-order valence-electron chi connectivity index (χ2n) is 22.7. The lowest BCUT2D eigenvalue weighted by atomic mass is 10.1. The molecule has 0 bridgehead atoms. The number of thiophene rings is 3. The first kappa shape index (κ1) is 81.1. The Morgan fingerprint density at radius 1 is 0.472 bits per heavy atom. The zero-order chi connectivity index (χ0) is 77.1. The van der Waals surface area contributed by atoms with Crippen LogP contribution in [0.1, 0.15) is 90.1 Å². The molecule has 0 unspecified atom stereocenters. The SMILES string of the molecule is COc1cc(/C=C2/N=C(c3ccc(N)cc3)OC2=O)ccc1OC(=O)c1cccs1.COc1cc(/C=C2/N=C(c3ccc(NC(=O)OC(C)(C)C)cc3)OC2=O)ccc1OC(=O)c1cccs1.COc1cc(/C=C2/N=C(c3ccc(NC(C)=O)cc3)OC2=O)ccc1OC(=O)c1cccs1.I.O=C(O)C(F)(F)F. The highest BCUT2D eigenvalue weighted by Gasteiger charge is 2.38. The second kappa shape index (κ2) is 36.9. The first-order valence-corrected chi connectivity index (χ1v) is 33.7. The Morgan fingerprint density at radius 2 is 0.778 bits per heavy atom. The van der Waals surface area contributed by atoms with Gasteiger partial charge in [-0.2, -0.15) is 13.2 Å². The molecule has 3 aliphatic heterocycles. The van der Waals surface area contributed by atoms with Crippen LogP contribution in [0.3, 0.4) is 0 Å². The number of nitrogen functional groups attached to an aromatic ring is 1. The molecule has 12 rings (SSSR count). The van der Waals surface area contributed by atoms with E-state index in [9.17, 15) is 51.5 Å². The van der Waals surface area contributed by atoms with Gasteiger partial charge in [-0.05, 0) is 199 Å². The number of carbonyl (C=O) groups is 9. The van der Waals surface area contributed by atoms with Gasteiger partial charge >= 0.3 is 54.1 Å². The smallest absolute Gasteiger partial charge is 0.490 e. The summed E-state index contributed by atoms with van der Waals surface area (Å²) in [6, 6.07) is 45.3. The average molecular weight is 1650 g/mol. The molecule has 0 spiro atoms. The number of nitrogens with one attached hydrogen (secondary N) is 2. The van der Waals surface area contributed by atoms with Crippen molar-refractivity contribution in [3.63, 3.8) is 0 Å². The van der Waals surface area contributed by atoms with E-state index >= 15 is 0 Å². The van der Waals surface area contributed by atoms with Crippen LogP contribution in [0.5, 0.6) is 34.5 Å². The zero-order valence-corrected chi connectivity index (χ0v) is 62.2. The number of nitrogens with two attached hydrogens (primary N) is 1. The van der Waals surface area contributed by atoms with Crippen LogP contribution >= 0.6 is 58.0 Å². The van der Waals surface area contributed by atoms with Crippen molar-refractivity contribution in [2.75, 3.05) is 37.7 Å². The molecule has 3 aliphatic rings. The monoisotopic (exact) mass is 1640 g/mol. The summed E-state index contributed by atoms with van der Waals surface area (Å²) in [6.45, 7) is 6.75. The molecule has 0 aliphatic carbocycles. The maximum atomic E-state index is 12.4. The van der Waals surface area contributed by atoms with Gasteiger partial charge in [-0.25, -0.2) is 53.3 Å². The fourth-order valence-electron chi connectivity index (χ4n) is 8.92. The van der Waals surface area contributed by atoms with Gasteiger partial charge in [0.1, 0.15) is 20.2 Å².